The van der Waals surface area contributed by atoms with Crippen molar-refractivity contribution in [1.82, 2.24) is 4.57 Å². The average molecular weight is 454 g/mol. The number of nitrogens with zero attached hydrogens (tertiary/aromatic N) is 2. The number of carbonyl (C=O) groups is 2. The number of esters is 1. The van der Waals surface area contributed by atoms with Gasteiger partial charge in [-0.15, -0.1) is 0 Å². The maximum atomic E-state index is 12.5. The zero-order valence-electron chi connectivity index (χ0n) is 13.7. The Labute approximate surface area is 167 Å². The van der Waals surface area contributed by atoms with E-state index < -0.39 is 5.91 Å². The van der Waals surface area contributed by atoms with Crippen LogP contribution < -0.4 is 4.80 Å². The van der Waals surface area contributed by atoms with Crippen LogP contribution in [0.15, 0.2) is 51.9 Å². The number of rotatable bonds is 4. The van der Waals surface area contributed by atoms with Crippen molar-refractivity contribution in [1.29, 1.82) is 0 Å². The maximum absolute atomic E-state index is 12.5. The second-order valence-electron chi connectivity index (χ2n) is 5.31. The Morgan fingerprint density at radius 3 is 2.65 bits per heavy atom. The Bertz CT molecular complexity index is 1040. The van der Waals surface area contributed by atoms with E-state index in [0.717, 1.165) is 14.7 Å². The van der Waals surface area contributed by atoms with Gasteiger partial charge in [-0.2, -0.15) is 4.99 Å². The molecule has 5 nitrogen and oxygen atoms in total. The lowest BCUT2D eigenvalue weighted by atomic mass is 10.2. The Kier molecular flexibility index (Phi) is 5.90. The molecule has 0 spiro atoms. The topological polar surface area (TPSA) is 60.7 Å². The van der Waals surface area contributed by atoms with Gasteiger partial charge in [0.15, 0.2) is 4.80 Å². The lowest BCUT2D eigenvalue weighted by molar-refractivity contribution is -0.143. The van der Waals surface area contributed by atoms with E-state index in [9.17, 15) is 9.59 Å². The summed E-state index contributed by atoms with van der Waals surface area (Å²) in [5.41, 5.74) is 1.24. The number of amides is 1. The molecule has 0 aliphatic rings. The number of ether oxygens (including phenoxy) is 1. The van der Waals surface area contributed by atoms with E-state index in [1.165, 1.54) is 11.3 Å². The predicted molar refractivity (Wildman–Crippen MR) is 105 cm³/mol. The van der Waals surface area contributed by atoms with Gasteiger partial charge in [0.2, 0.25) is 0 Å². The number of hydrogen-bond acceptors (Lipinski definition) is 4. The number of carbonyl (C=O) groups excluding carboxylic acids is 2. The van der Waals surface area contributed by atoms with Crippen LogP contribution in [0.2, 0.25) is 5.02 Å². The zero-order valence-corrected chi connectivity index (χ0v) is 16.9. The molecule has 26 heavy (non-hydrogen) atoms. The first-order chi connectivity index (χ1) is 12.5. The van der Waals surface area contributed by atoms with Gasteiger partial charge in [-0.1, -0.05) is 38.9 Å². The summed E-state index contributed by atoms with van der Waals surface area (Å²) in [4.78, 5) is 29.1. The van der Waals surface area contributed by atoms with Crippen LogP contribution in [-0.4, -0.2) is 23.1 Å². The van der Waals surface area contributed by atoms with Crippen LogP contribution in [0, 0.1) is 0 Å². The van der Waals surface area contributed by atoms with Crippen LogP contribution >= 0.6 is 38.9 Å². The summed E-state index contributed by atoms with van der Waals surface area (Å²) in [7, 11) is 0. The molecule has 0 radical (unpaired) electrons. The molecule has 0 aliphatic heterocycles. The number of thiazole rings is 1. The Morgan fingerprint density at radius 1 is 1.23 bits per heavy atom. The van der Waals surface area contributed by atoms with E-state index in [2.05, 4.69) is 20.9 Å². The fourth-order valence-corrected chi connectivity index (χ4v) is 4.07. The number of aromatic nitrogens is 1. The molecule has 3 aromatic rings. The largest absolute Gasteiger partial charge is 0.465 e. The van der Waals surface area contributed by atoms with Crippen LogP contribution in [0.3, 0.4) is 0 Å². The van der Waals surface area contributed by atoms with Crippen molar-refractivity contribution in [2.45, 2.75) is 13.5 Å². The van der Waals surface area contributed by atoms with Crippen molar-refractivity contribution in [3.63, 3.8) is 0 Å². The smallest absolute Gasteiger partial charge is 0.326 e. The number of fused-ring (bicyclic) bond motifs is 1. The van der Waals surface area contributed by atoms with Gasteiger partial charge in [0, 0.05) is 15.1 Å². The van der Waals surface area contributed by atoms with Crippen LogP contribution in [0.5, 0.6) is 0 Å². The molecule has 1 amide bonds. The Hall–Kier alpha value is -1.96. The molecular formula is C18H14BrClN2O3S. The van der Waals surface area contributed by atoms with Crippen molar-refractivity contribution in [2.24, 2.45) is 4.99 Å². The molecule has 8 heteroatoms. The minimum atomic E-state index is -0.398. The summed E-state index contributed by atoms with van der Waals surface area (Å²) in [6, 6.07) is 12.2. The fraction of sp³-hybridized carbons (Fsp3) is 0.167. The van der Waals surface area contributed by atoms with E-state index in [1.54, 1.807) is 35.8 Å². The van der Waals surface area contributed by atoms with Crippen LogP contribution in [0.1, 0.15) is 17.3 Å². The summed E-state index contributed by atoms with van der Waals surface area (Å²) < 4.78 is 8.55. The molecule has 0 saturated heterocycles. The highest BCUT2D eigenvalue weighted by atomic mass is 79.9. The van der Waals surface area contributed by atoms with Gasteiger partial charge >= 0.3 is 5.97 Å². The molecule has 0 saturated carbocycles. The molecule has 1 aromatic heterocycles. The fourth-order valence-electron chi connectivity index (χ4n) is 2.36. The SMILES string of the molecule is CCOC(=O)Cn1c(=NC(=O)c2ccc(Cl)cc2)sc2cc(Br)ccc21. The lowest BCUT2D eigenvalue weighted by Crippen LogP contribution is -2.23. The highest BCUT2D eigenvalue weighted by molar-refractivity contribution is 9.10. The number of benzene rings is 2. The quantitative estimate of drug-likeness (QED) is 0.549. The maximum Gasteiger partial charge on any atom is 0.326 e. The van der Waals surface area contributed by atoms with Crippen LogP contribution in [-0.2, 0) is 16.1 Å². The molecule has 0 fully saturated rings. The lowest BCUT2D eigenvalue weighted by Gasteiger charge is -2.05. The van der Waals surface area contributed by atoms with E-state index in [-0.39, 0.29) is 12.5 Å². The second-order valence-corrected chi connectivity index (χ2v) is 7.67. The van der Waals surface area contributed by atoms with Gasteiger partial charge in [0.05, 0.1) is 16.8 Å². The highest BCUT2D eigenvalue weighted by Gasteiger charge is 2.13. The Morgan fingerprint density at radius 2 is 1.96 bits per heavy atom. The Balaban J connectivity index is 2.09. The minimum Gasteiger partial charge on any atom is -0.465 e. The number of hydrogen-bond donors (Lipinski definition) is 0. The molecule has 2 aromatic carbocycles. The molecule has 134 valence electrons. The van der Waals surface area contributed by atoms with Gasteiger partial charge in [0.25, 0.3) is 5.91 Å². The standard InChI is InChI=1S/C18H14BrClN2O3S/c1-2-25-16(23)10-22-14-8-5-12(19)9-15(14)26-18(22)21-17(24)11-3-6-13(20)7-4-11/h3-9H,2,10H2,1H3. The summed E-state index contributed by atoms with van der Waals surface area (Å²) in [5.74, 6) is -0.777. The van der Waals surface area contributed by atoms with Crippen molar-refractivity contribution in [2.75, 3.05) is 6.61 Å². The monoisotopic (exact) mass is 452 g/mol. The number of halogens is 2. The summed E-state index contributed by atoms with van der Waals surface area (Å²) in [6.07, 6.45) is 0. The molecule has 1 heterocycles. The third-order valence-corrected chi connectivity index (χ3v) is 5.31. The summed E-state index contributed by atoms with van der Waals surface area (Å²) in [6.45, 7) is 2.03. The summed E-state index contributed by atoms with van der Waals surface area (Å²) in [5, 5.41) is 0.547. The molecule has 0 unspecified atom stereocenters. The molecule has 0 atom stereocenters. The molecule has 0 N–H and O–H groups in total. The molecular weight excluding hydrogens is 440 g/mol. The van der Waals surface area contributed by atoms with Crippen molar-refractivity contribution in [3.8, 4) is 0 Å². The normalized spacial score (nSPS) is 11.7. The first-order valence-corrected chi connectivity index (χ1v) is 9.76. The van der Waals surface area contributed by atoms with Gasteiger partial charge in [0.1, 0.15) is 6.54 Å². The van der Waals surface area contributed by atoms with Gasteiger partial charge in [-0.3, -0.25) is 9.59 Å². The van der Waals surface area contributed by atoms with E-state index in [4.69, 9.17) is 16.3 Å². The summed E-state index contributed by atoms with van der Waals surface area (Å²) >= 11 is 10.6. The van der Waals surface area contributed by atoms with Gasteiger partial charge < -0.3 is 9.30 Å². The van der Waals surface area contributed by atoms with Gasteiger partial charge in [-0.05, 0) is 49.4 Å². The third-order valence-electron chi connectivity index (χ3n) is 3.53. The first-order valence-electron chi connectivity index (χ1n) is 7.77. The minimum absolute atomic E-state index is 0.0117. The van der Waals surface area contributed by atoms with E-state index in [1.807, 2.05) is 18.2 Å². The zero-order chi connectivity index (χ0) is 18.7. The molecule has 0 bridgehead atoms. The first kappa shape index (κ1) is 18.8. The average Bonchev–Trinajstić information content (AvgIpc) is 2.92. The highest BCUT2D eigenvalue weighted by Crippen LogP contribution is 2.22. The van der Waals surface area contributed by atoms with Crippen LogP contribution in [0.25, 0.3) is 10.2 Å². The third kappa shape index (κ3) is 4.23. The second kappa shape index (κ2) is 8.16. The van der Waals surface area contributed by atoms with Crippen molar-refractivity contribution >= 4 is 61.0 Å². The van der Waals surface area contributed by atoms with Gasteiger partial charge in [-0.25, -0.2) is 0 Å². The molecule has 3 rings (SSSR count). The van der Waals surface area contributed by atoms with E-state index >= 15 is 0 Å². The predicted octanol–water partition coefficient (Wildman–Crippen LogP) is 4.42. The van der Waals surface area contributed by atoms with Crippen LogP contribution in [0.4, 0.5) is 0 Å². The van der Waals surface area contributed by atoms with E-state index in [0.29, 0.717) is 22.0 Å². The van der Waals surface area contributed by atoms with Crippen molar-refractivity contribution < 1.29 is 14.3 Å². The molecule has 0 aliphatic carbocycles. The van der Waals surface area contributed by atoms with Crippen molar-refractivity contribution in [3.05, 3.63) is 62.3 Å².